The first kappa shape index (κ1) is 17.8. The van der Waals surface area contributed by atoms with Crippen LogP contribution in [0.3, 0.4) is 0 Å². The predicted octanol–water partition coefficient (Wildman–Crippen LogP) is 6.30. The molecule has 2 aliphatic carbocycles. The van der Waals surface area contributed by atoms with E-state index in [1.165, 1.54) is 12.8 Å². The van der Waals surface area contributed by atoms with Crippen molar-refractivity contribution in [3.63, 3.8) is 0 Å². The van der Waals surface area contributed by atoms with Crippen molar-refractivity contribution in [2.75, 3.05) is 0 Å². The second-order valence-electron chi connectivity index (χ2n) is 7.53. The van der Waals surface area contributed by atoms with Gasteiger partial charge in [-0.05, 0) is 51.4 Å². The summed E-state index contributed by atoms with van der Waals surface area (Å²) in [7, 11) is 0. The standard InChI is InChI=1S/C16H30ClO3P/c1-13-9-5-7-11-15(13,3)19-21(17,18)20-16(4)12-8-6-10-14(16)2/h13-14H,5-12H2,1-4H3. The summed E-state index contributed by atoms with van der Waals surface area (Å²) in [4.78, 5) is 0. The third-order valence-corrected chi connectivity index (χ3v) is 7.53. The van der Waals surface area contributed by atoms with E-state index in [1.807, 2.05) is 13.8 Å². The maximum absolute atomic E-state index is 12.8. The second-order valence-corrected chi connectivity index (χ2v) is 10.0. The Balaban J connectivity index is 2.05. The van der Waals surface area contributed by atoms with Crippen LogP contribution < -0.4 is 0 Å². The summed E-state index contributed by atoms with van der Waals surface area (Å²) in [6.07, 6.45) is 8.63. The molecule has 4 unspecified atom stereocenters. The Bertz CT molecular complexity index is 382. The van der Waals surface area contributed by atoms with Gasteiger partial charge in [-0.3, -0.25) is 9.05 Å². The highest BCUT2D eigenvalue weighted by Crippen LogP contribution is 2.63. The minimum atomic E-state index is -3.56. The van der Waals surface area contributed by atoms with Crippen LogP contribution in [0.2, 0.25) is 0 Å². The van der Waals surface area contributed by atoms with Crippen molar-refractivity contribution >= 4 is 18.2 Å². The van der Waals surface area contributed by atoms with Crippen LogP contribution in [0.4, 0.5) is 0 Å². The highest BCUT2D eigenvalue weighted by atomic mass is 35.7. The van der Waals surface area contributed by atoms with Crippen LogP contribution in [0.5, 0.6) is 0 Å². The van der Waals surface area contributed by atoms with Crippen LogP contribution in [0.1, 0.15) is 79.1 Å². The van der Waals surface area contributed by atoms with Crippen LogP contribution in [-0.2, 0) is 13.6 Å². The maximum atomic E-state index is 12.8. The molecule has 2 fully saturated rings. The van der Waals surface area contributed by atoms with Gasteiger partial charge in [0.1, 0.15) is 0 Å². The number of hydrogen-bond acceptors (Lipinski definition) is 3. The van der Waals surface area contributed by atoms with E-state index in [2.05, 4.69) is 13.8 Å². The molecule has 4 atom stereocenters. The average molecular weight is 337 g/mol. The molecule has 2 aliphatic rings. The molecule has 0 aromatic heterocycles. The van der Waals surface area contributed by atoms with E-state index in [9.17, 15) is 4.57 Å². The molecule has 0 aromatic carbocycles. The molecule has 0 aromatic rings. The van der Waals surface area contributed by atoms with Crippen molar-refractivity contribution in [2.45, 2.75) is 90.3 Å². The van der Waals surface area contributed by atoms with E-state index in [0.717, 1.165) is 38.5 Å². The van der Waals surface area contributed by atoms with Crippen molar-refractivity contribution in [3.05, 3.63) is 0 Å². The van der Waals surface area contributed by atoms with Crippen molar-refractivity contribution in [1.82, 2.24) is 0 Å². The van der Waals surface area contributed by atoms with Crippen LogP contribution in [-0.4, -0.2) is 11.2 Å². The third kappa shape index (κ3) is 4.25. The number of halogens is 1. The van der Waals surface area contributed by atoms with Gasteiger partial charge >= 0.3 is 6.95 Å². The Kier molecular flexibility index (Phi) is 5.52. The number of hydrogen-bond donors (Lipinski definition) is 0. The Morgan fingerprint density at radius 1 is 0.905 bits per heavy atom. The molecule has 0 aliphatic heterocycles. The minimum Gasteiger partial charge on any atom is -0.290 e. The van der Waals surface area contributed by atoms with Gasteiger partial charge < -0.3 is 0 Å². The average Bonchev–Trinajstić information content (AvgIpc) is 2.35. The zero-order valence-electron chi connectivity index (χ0n) is 13.9. The summed E-state index contributed by atoms with van der Waals surface area (Å²) in [5.41, 5.74) is -0.854. The van der Waals surface area contributed by atoms with Gasteiger partial charge in [-0.1, -0.05) is 39.5 Å². The van der Waals surface area contributed by atoms with Gasteiger partial charge in [-0.25, -0.2) is 4.57 Å². The van der Waals surface area contributed by atoms with Crippen LogP contribution in [0, 0.1) is 11.8 Å². The lowest BCUT2D eigenvalue weighted by atomic mass is 9.78. The van der Waals surface area contributed by atoms with Gasteiger partial charge in [0.2, 0.25) is 0 Å². The van der Waals surface area contributed by atoms with Crippen LogP contribution in [0.15, 0.2) is 0 Å². The molecular weight excluding hydrogens is 307 g/mol. The van der Waals surface area contributed by atoms with Crippen molar-refractivity contribution in [2.24, 2.45) is 11.8 Å². The fourth-order valence-electron chi connectivity index (χ4n) is 3.74. The largest absolute Gasteiger partial charge is 0.425 e. The van der Waals surface area contributed by atoms with Crippen LogP contribution in [0.25, 0.3) is 0 Å². The maximum Gasteiger partial charge on any atom is 0.425 e. The smallest absolute Gasteiger partial charge is 0.290 e. The van der Waals surface area contributed by atoms with Crippen LogP contribution >= 0.6 is 18.2 Å². The summed E-state index contributed by atoms with van der Waals surface area (Å²) in [5, 5.41) is 0. The lowest BCUT2D eigenvalue weighted by molar-refractivity contribution is -0.0493. The Morgan fingerprint density at radius 3 is 1.62 bits per heavy atom. The van der Waals surface area contributed by atoms with Crippen molar-refractivity contribution in [3.8, 4) is 0 Å². The first-order valence-corrected chi connectivity index (χ1v) is 10.8. The predicted molar refractivity (Wildman–Crippen MR) is 87.7 cm³/mol. The molecular formula is C16H30ClO3P. The molecule has 2 rings (SSSR count). The summed E-state index contributed by atoms with van der Waals surface area (Å²) < 4.78 is 24.6. The van der Waals surface area contributed by atoms with Gasteiger partial charge in [0, 0.05) is 11.2 Å². The van der Waals surface area contributed by atoms with Crippen molar-refractivity contribution in [1.29, 1.82) is 0 Å². The fourth-order valence-corrected chi connectivity index (χ4v) is 6.27. The van der Waals surface area contributed by atoms with E-state index >= 15 is 0 Å². The summed E-state index contributed by atoms with van der Waals surface area (Å²) in [5.74, 6) is 0.719. The Labute approximate surface area is 134 Å². The number of rotatable bonds is 4. The monoisotopic (exact) mass is 336 g/mol. The molecule has 0 spiro atoms. The Hall–Kier alpha value is 0.440. The molecule has 3 nitrogen and oxygen atoms in total. The quantitative estimate of drug-likeness (QED) is 0.565. The SMILES string of the molecule is CC1CCCCC1(C)OP(=O)(Cl)OC1(C)CCCCC1C. The first-order chi connectivity index (χ1) is 9.67. The lowest BCUT2D eigenvalue weighted by Gasteiger charge is -2.44. The molecule has 0 heterocycles. The van der Waals surface area contributed by atoms with E-state index < -0.39 is 18.2 Å². The Morgan fingerprint density at radius 2 is 1.29 bits per heavy atom. The molecule has 5 heteroatoms. The van der Waals surface area contributed by atoms with Gasteiger partial charge in [0.25, 0.3) is 0 Å². The molecule has 0 amide bonds. The fraction of sp³-hybridized carbons (Fsp3) is 1.00. The summed E-state index contributed by atoms with van der Waals surface area (Å²) in [6, 6.07) is 0. The lowest BCUT2D eigenvalue weighted by Crippen LogP contribution is -2.41. The van der Waals surface area contributed by atoms with Crippen molar-refractivity contribution < 1.29 is 13.6 Å². The highest BCUT2D eigenvalue weighted by Gasteiger charge is 2.46. The van der Waals surface area contributed by atoms with E-state index in [4.69, 9.17) is 20.3 Å². The zero-order chi connectivity index (χ0) is 15.7. The summed E-state index contributed by atoms with van der Waals surface area (Å²) >= 11 is 6.22. The molecule has 0 saturated heterocycles. The first-order valence-electron chi connectivity index (χ1n) is 8.38. The normalized spacial score (nSPS) is 44.2. The molecule has 124 valence electrons. The topological polar surface area (TPSA) is 35.5 Å². The van der Waals surface area contributed by atoms with E-state index in [1.54, 1.807) is 0 Å². The minimum absolute atomic E-state index is 0.360. The van der Waals surface area contributed by atoms with Gasteiger partial charge in [0.05, 0.1) is 11.2 Å². The molecule has 0 bridgehead atoms. The molecule has 0 radical (unpaired) electrons. The molecule has 2 saturated carbocycles. The van der Waals surface area contributed by atoms with E-state index in [0.29, 0.717) is 11.8 Å². The van der Waals surface area contributed by atoms with E-state index in [-0.39, 0.29) is 0 Å². The van der Waals surface area contributed by atoms with Gasteiger partial charge in [0.15, 0.2) is 0 Å². The molecule has 0 N–H and O–H groups in total. The van der Waals surface area contributed by atoms with Gasteiger partial charge in [-0.15, -0.1) is 0 Å². The van der Waals surface area contributed by atoms with Gasteiger partial charge in [-0.2, -0.15) is 0 Å². The highest BCUT2D eigenvalue weighted by molar-refractivity contribution is 7.81. The molecule has 21 heavy (non-hydrogen) atoms. The second kappa shape index (κ2) is 6.51. The summed E-state index contributed by atoms with van der Waals surface area (Å²) in [6.45, 7) is 4.80. The zero-order valence-corrected chi connectivity index (χ0v) is 15.5. The third-order valence-electron chi connectivity index (χ3n) is 5.84.